The first kappa shape index (κ1) is 15.0. The van der Waals surface area contributed by atoms with Gasteiger partial charge in [-0.1, -0.05) is 12.1 Å². The zero-order valence-electron chi connectivity index (χ0n) is 12.4. The van der Waals surface area contributed by atoms with E-state index in [4.69, 9.17) is 24.7 Å². The summed E-state index contributed by atoms with van der Waals surface area (Å²) in [6.07, 6.45) is 0. The first-order valence-electron chi connectivity index (χ1n) is 6.45. The Bertz CT molecular complexity index is 613. The molecule has 0 aliphatic heterocycles. The molecule has 2 rings (SSSR count). The second kappa shape index (κ2) is 6.85. The van der Waals surface area contributed by atoms with Gasteiger partial charge in [-0.2, -0.15) is 0 Å². The number of nitrogen functional groups attached to an aromatic ring is 1. The molecule has 0 aromatic heterocycles. The summed E-state index contributed by atoms with van der Waals surface area (Å²) in [6, 6.07) is 11.0. The van der Waals surface area contributed by atoms with Crippen molar-refractivity contribution >= 4 is 5.69 Å². The molecule has 2 aromatic carbocycles. The number of ether oxygens (including phenoxy) is 4. The van der Waals surface area contributed by atoms with Crippen LogP contribution in [0.5, 0.6) is 23.0 Å². The first-order valence-corrected chi connectivity index (χ1v) is 6.45. The summed E-state index contributed by atoms with van der Waals surface area (Å²) >= 11 is 0. The van der Waals surface area contributed by atoms with Crippen LogP contribution in [0.3, 0.4) is 0 Å². The normalized spacial score (nSPS) is 10.2. The van der Waals surface area contributed by atoms with Gasteiger partial charge in [-0.15, -0.1) is 0 Å². The van der Waals surface area contributed by atoms with Gasteiger partial charge in [0.25, 0.3) is 0 Å². The fraction of sp³-hybridized carbons (Fsp3) is 0.250. The number of hydrogen-bond acceptors (Lipinski definition) is 5. The van der Waals surface area contributed by atoms with Crippen LogP contribution in [0.25, 0.3) is 0 Å². The molecule has 112 valence electrons. The summed E-state index contributed by atoms with van der Waals surface area (Å²) in [6.45, 7) is 0.526. The number of methoxy groups -OCH3 is 3. The van der Waals surface area contributed by atoms with Gasteiger partial charge in [0.1, 0.15) is 5.75 Å². The number of rotatable bonds is 6. The maximum atomic E-state index is 5.98. The van der Waals surface area contributed by atoms with E-state index >= 15 is 0 Å². The van der Waals surface area contributed by atoms with Crippen LogP contribution >= 0.6 is 0 Å². The lowest BCUT2D eigenvalue weighted by Gasteiger charge is -2.13. The van der Waals surface area contributed by atoms with Crippen molar-refractivity contribution in [2.45, 2.75) is 6.61 Å². The maximum absolute atomic E-state index is 5.98. The molecule has 0 amide bonds. The van der Waals surface area contributed by atoms with Crippen LogP contribution in [0.2, 0.25) is 0 Å². The second-order valence-electron chi connectivity index (χ2n) is 4.43. The Morgan fingerprint density at radius 2 is 1.62 bits per heavy atom. The molecule has 0 spiro atoms. The monoisotopic (exact) mass is 289 g/mol. The van der Waals surface area contributed by atoms with Crippen LogP contribution in [-0.2, 0) is 11.3 Å². The molecule has 5 nitrogen and oxygen atoms in total. The van der Waals surface area contributed by atoms with E-state index in [-0.39, 0.29) is 0 Å². The molecule has 0 unspecified atom stereocenters. The van der Waals surface area contributed by atoms with Crippen LogP contribution in [0.15, 0.2) is 36.4 Å². The summed E-state index contributed by atoms with van der Waals surface area (Å²) in [5, 5.41) is 0. The van der Waals surface area contributed by atoms with Crippen molar-refractivity contribution in [3.8, 4) is 23.0 Å². The number of nitrogens with two attached hydrogens (primary N) is 1. The predicted molar refractivity (Wildman–Crippen MR) is 81.2 cm³/mol. The van der Waals surface area contributed by atoms with E-state index in [0.717, 1.165) is 5.56 Å². The number of hydrogen-bond donors (Lipinski definition) is 1. The van der Waals surface area contributed by atoms with Gasteiger partial charge in [-0.3, -0.25) is 0 Å². The average molecular weight is 289 g/mol. The quantitative estimate of drug-likeness (QED) is 0.827. The maximum Gasteiger partial charge on any atom is 0.164 e. The summed E-state index contributed by atoms with van der Waals surface area (Å²) in [7, 11) is 4.78. The zero-order chi connectivity index (χ0) is 15.2. The Labute approximate surface area is 124 Å². The van der Waals surface area contributed by atoms with Crippen molar-refractivity contribution < 1.29 is 18.9 Å². The Morgan fingerprint density at radius 3 is 2.29 bits per heavy atom. The summed E-state index contributed by atoms with van der Waals surface area (Å²) in [5.74, 6) is 2.33. The minimum Gasteiger partial charge on any atom is -0.493 e. The molecule has 0 radical (unpaired) electrons. The third kappa shape index (κ3) is 3.58. The van der Waals surface area contributed by atoms with E-state index < -0.39 is 0 Å². The SMILES string of the molecule is COCc1cccc(Oc2cc(OC)c(OC)cc2N)c1. The Kier molecular flexibility index (Phi) is 4.90. The highest BCUT2D eigenvalue weighted by atomic mass is 16.5. The Balaban J connectivity index is 2.28. The van der Waals surface area contributed by atoms with Crippen molar-refractivity contribution in [2.24, 2.45) is 0 Å². The smallest absolute Gasteiger partial charge is 0.164 e. The molecular weight excluding hydrogens is 270 g/mol. The number of benzene rings is 2. The molecule has 0 heterocycles. The fourth-order valence-corrected chi connectivity index (χ4v) is 1.96. The lowest BCUT2D eigenvalue weighted by atomic mass is 10.2. The highest BCUT2D eigenvalue weighted by molar-refractivity contribution is 5.62. The van der Waals surface area contributed by atoms with Crippen molar-refractivity contribution in [1.82, 2.24) is 0 Å². The summed E-state index contributed by atoms with van der Waals surface area (Å²) in [5.41, 5.74) is 7.48. The van der Waals surface area contributed by atoms with Gasteiger partial charge in [0.05, 0.1) is 26.5 Å². The number of anilines is 1. The lowest BCUT2D eigenvalue weighted by Crippen LogP contribution is -1.97. The molecule has 0 fully saturated rings. The molecule has 0 saturated carbocycles. The molecule has 5 heteroatoms. The van der Waals surface area contributed by atoms with E-state index in [2.05, 4.69) is 0 Å². The van der Waals surface area contributed by atoms with E-state index in [1.165, 1.54) is 0 Å². The Morgan fingerprint density at radius 1 is 0.905 bits per heavy atom. The van der Waals surface area contributed by atoms with Gasteiger partial charge >= 0.3 is 0 Å². The highest BCUT2D eigenvalue weighted by Crippen LogP contribution is 2.38. The van der Waals surface area contributed by atoms with Gasteiger partial charge in [-0.25, -0.2) is 0 Å². The topological polar surface area (TPSA) is 62.9 Å². The van der Waals surface area contributed by atoms with Crippen molar-refractivity contribution in [3.63, 3.8) is 0 Å². The predicted octanol–water partition coefficient (Wildman–Crippen LogP) is 3.22. The summed E-state index contributed by atoms with van der Waals surface area (Å²) in [4.78, 5) is 0. The average Bonchev–Trinajstić information content (AvgIpc) is 2.49. The van der Waals surface area contributed by atoms with E-state index in [1.807, 2.05) is 24.3 Å². The molecule has 0 atom stereocenters. The standard InChI is InChI=1S/C16H19NO4/c1-18-10-11-5-4-6-12(7-11)21-14-9-16(20-3)15(19-2)8-13(14)17/h4-9H,10,17H2,1-3H3. The minimum atomic E-state index is 0.477. The van der Waals surface area contributed by atoms with Crippen LogP contribution < -0.4 is 19.9 Å². The molecule has 21 heavy (non-hydrogen) atoms. The first-order chi connectivity index (χ1) is 10.2. The van der Waals surface area contributed by atoms with Crippen molar-refractivity contribution in [2.75, 3.05) is 27.1 Å². The fourth-order valence-electron chi connectivity index (χ4n) is 1.96. The molecule has 0 aliphatic rings. The minimum absolute atomic E-state index is 0.477. The van der Waals surface area contributed by atoms with Gasteiger partial charge in [0.15, 0.2) is 17.2 Å². The Hall–Kier alpha value is -2.40. The van der Waals surface area contributed by atoms with Gasteiger partial charge in [-0.05, 0) is 17.7 Å². The molecule has 0 saturated heterocycles. The van der Waals surface area contributed by atoms with Crippen LogP contribution in [0, 0.1) is 0 Å². The largest absolute Gasteiger partial charge is 0.493 e. The van der Waals surface area contributed by atoms with Crippen LogP contribution in [0.4, 0.5) is 5.69 Å². The molecule has 0 bridgehead atoms. The van der Waals surface area contributed by atoms with Gasteiger partial charge < -0.3 is 24.7 Å². The molecule has 0 aliphatic carbocycles. The van der Waals surface area contributed by atoms with Gasteiger partial charge in [0.2, 0.25) is 0 Å². The van der Waals surface area contributed by atoms with Gasteiger partial charge in [0, 0.05) is 19.2 Å². The van der Waals surface area contributed by atoms with Crippen molar-refractivity contribution in [1.29, 1.82) is 0 Å². The van der Waals surface area contributed by atoms with E-state index in [9.17, 15) is 0 Å². The highest BCUT2D eigenvalue weighted by Gasteiger charge is 2.11. The third-order valence-electron chi connectivity index (χ3n) is 2.95. The lowest BCUT2D eigenvalue weighted by molar-refractivity contribution is 0.184. The molecule has 2 aromatic rings. The van der Waals surface area contributed by atoms with Crippen molar-refractivity contribution in [3.05, 3.63) is 42.0 Å². The summed E-state index contributed by atoms with van der Waals surface area (Å²) < 4.78 is 21.4. The third-order valence-corrected chi connectivity index (χ3v) is 2.95. The van der Waals surface area contributed by atoms with Crippen LogP contribution in [0.1, 0.15) is 5.56 Å². The van der Waals surface area contributed by atoms with Crippen LogP contribution in [-0.4, -0.2) is 21.3 Å². The molecule has 2 N–H and O–H groups in total. The van der Waals surface area contributed by atoms with E-state index in [1.54, 1.807) is 33.5 Å². The molecular formula is C16H19NO4. The van der Waals surface area contributed by atoms with E-state index in [0.29, 0.717) is 35.3 Å². The second-order valence-corrected chi connectivity index (χ2v) is 4.43. The zero-order valence-corrected chi connectivity index (χ0v) is 12.4.